The van der Waals surface area contributed by atoms with Gasteiger partial charge in [0.1, 0.15) is 0 Å². The Morgan fingerprint density at radius 1 is 1.29 bits per heavy atom. The highest BCUT2D eigenvalue weighted by Crippen LogP contribution is 2.26. The van der Waals surface area contributed by atoms with Crippen LogP contribution in [0.15, 0.2) is 24.3 Å². The molecule has 1 fully saturated rings. The molecule has 21 heavy (non-hydrogen) atoms. The number of carbonyl (C=O) groups excluding carboxylic acids is 3. The van der Waals surface area contributed by atoms with Crippen molar-refractivity contribution in [1.82, 2.24) is 0 Å². The van der Waals surface area contributed by atoms with E-state index in [-0.39, 0.29) is 24.2 Å². The third-order valence-corrected chi connectivity index (χ3v) is 3.50. The van der Waals surface area contributed by atoms with Crippen LogP contribution >= 0.6 is 0 Å². The van der Waals surface area contributed by atoms with Gasteiger partial charge in [-0.05, 0) is 24.3 Å². The number of nitrogens with one attached hydrogen (secondary N) is 1. The molecule has 0 unspecified atom stereocenters. The number of nitrogens with zero attached hydrogens (tertiary/aromatic N) is 1. The van der Waals surface area contributed by atoms with E-state index in [2.05, 4.69) is 5.32 Å². The molecule has 0 saturated carbocycles. The number of anilines is 2. The summed E-state index contributed by atoms with van der Waals surface area (Å²) < 4.78 is 0. The van der Waals surface area contributed by atoms with Crippen molar-refractivity contribution in [3.63, 3.8) is 0 Å². The van der Waals surface area contributed by atoms with Gasteiger partial charge in [-0.2, -0.15) is 0 Å². The number of primary amides is 1. The minimum Gasteiger partial charge on any atom is -0.369 e. The first-order chi connectivity index (χ1) is 9.88. The van der Waals surface area contributed by atoms with Crippen molar-refractivity contribution in [2.24, 2.45) is 17.6 Å². The van der Waals surface area contributed by atoms with Crippen LogP contribution in [-0.2, 0) is 14.4 Å². The summed E-state index contributed by atoms with van der Waals surface area (Å²) in [6, 6.07) is 6.97. The number of nitrogens with two attached hydrogens (primary N) is 1. The first-order valence-electron chi connectivity index (χ1n) is 6.89. The largest absolute Gasteiger partial charge is 0.369 e. The molecule has 1 saturated heterocycles. The summed E-state index contributed by atoms with van der Waals surface area (Å²) in [5.74, 6) is -1.16. The Balaban J connectivity index is 2.07. The Labute approximate surface area is 123 Å². The monoisotopic (exact) mass is 289 g/mol. The molecule has 1 aliphatic heterocycles. The van der Waals surface area contributed by atoms with Crippen LogP contribution < -0.4 is 16.0 Å². The van der Waals surface area contributed by atoms with E-state index in [9.17, 15) is 14.4 Å². The lowest BCUT2D eigenvalue weighted by molar-refractivity contribution is -0.123. The van der Waals surface area contributed by atoms with E-state index in [0.29, 0.717) is 17.9 Å². The van der Waals surface area contributed by atoms with Crippen LogP contribution in [0, 0.1) is 11.8 Å². The Hall–Kier alpha value is -2.37. The zero-order valence-electron chi connectivity index (χ0n) is 12.1. The molecule has 6 heteroatoms. The van der Waals surface area contributed by atoms with Crippen molar-refractivity contribution in [3.05, 3.63) is 24.3 Å². The summed E-state index contributed by atoms with van der Waals surface area (Å²) in [7, 11) is 0. The molecule has 2 rings (SSSR count). The van der Waals surface area contributed by atoms with Crippen LogP contribution in [0.1, 0.15) is 20.3 Å². The van der Waals surface area contributed by atoms with Gasteiger partial charge in [0, 0.05) is 30.3 Å². The smallest absolute Gasteiger partial charge is 0.227 e. The molecule has 1 heterocycles. The molecule has 0 spiro atoms. The average Bonchev–Trinajstić information content (AvgIpc) is 2.82. The Bertz CT molecular complexity index is 566. The normalized spacial score (nSPS) is 18.1. The first kappa shape index (κ1) is 15.0. The van der Waals surface area contributed by atoms with Gasteiger partial charge in [0.05, 0.1) is 5.92 Å². The summed E-state index contributed by atoms with van der Waals surface area (Å²) in [4.78, 5) is 36.2. The summed E-state index contributed by atoms with van der Waals surface area (Å²) in [6.45, 7) is 3.94. The highest BCUT2D eigenvalue weighted by molar-refractivity contribution is 6.00. The topological polar surface area (TPSA) is 92.5 Å². The van der Waals surface area contributed by atoms with E-state index in [0.717, 1.165) is 0 Å². The number of rotatable bonds is 4. The average molecular weight is 289 g/mol. The van der Waals surface area contributed by atoms with Crippen molar-refractivity contribution >= 4 is 29.1 Å². The first-order valence-corrected chi connectivity index (χ1v) is 6.89. The highest BCUT2D eigenvalue weighted by Gasteiger charge is 2.33. The van der Waals surface area contributed by atoms with Crippen molar-refractivity contribution in [3.8, 4) is 0 Å². The predicted molar refractivity (Wildman–Crippen MR) is 79.6 cm³/mol. The van der Waals surface area contributed by atoms with E-state index < -0.39 is 11.8 Å². The van der Waals surface area contributed by atoms with Gasteiger partial charge in [-0.3, -0.25) is 14.4 Å². The molecule has 3 amide bonds. The van der Waals surface area contributed by atoms with E-state index in [1.165, 1.54) is 0 Å². The molecule has 0 aromatic heterocycles. The molecule has 3 N–H and O–H groups in total. The van der Waals surface area contributed by atoms with Gasteiger partial charge in [-0.25, -0.2) is 0 Å². The van der Waals surface area contributed by atoms with Crippen molar-refractivity contribution in [2.75, 3.05) is 16.8 Å². The quantitative estimate of drug-likeness (QED) is 0.870. The van der Waals surface area contributed by atoms with Gasteiger partial charge >= 0.3 is 0 Å². The molecule has 112 valence electrons. The maximum atomic E-state index is 11.9. The minimum atomic E-state index is -0.452. The minimum absolute atomic E-state index is 0.0613. The third kappa shape index (κ3) is 3.39. The molecular formula is C15H19N3O3. The van der Waals surface area contributed by atoms with Crippen molar-refractivity contribution < 1.29 is 14.4 Å². The van der Waals surface area contributed by atoms with E-state index in [1.807, 2.05) is 13.8 Å². The second kappa shape index (κ2) is 5.95. The molecule has 6 nitrogen and oxygen atoms in total. The van der Waals surface area contributed by atoms with Crippen LogP contribution in [0.2, 0.25) is 0 Å². The number of amides is 3. The van der Waals surface area contributed by atoms with Crippen LogP contribution in [0.3, 0.4) is 0 Å². The Kier molecular flexibility index (Phi) is 4.26. The third-order valence-electron chi connectivity index (χ3n) is 3.50. The molecular weight excluding hydrogens is 270 g/mol. The maximum Gasteiger partial charge on any atom is 0.227 e. The van der Waals surface area contributed by atoms with Gasteiger partial charge in [0.25, 0.3) is 0 Å². The van der Waals surface area contributed by atoms with E-state index in [1.54, 1.807) is 29.2 Å². The maximum absolute atomic E-state index is 11.9. The fourth-order valence-electron chi connectivity index (χ4n) is 2.16. The molecule has 0 radical (unpaired) electrons. The molecule has 1 aromatic rings. The van der Waals surface area contributed by atoms with Crippen LogP contribution in [-0.4, -0.2) is 24.3 Å². The molecule has 1 aromatic carbocycles. The van der Waals surface area contributed by atoms with Gasteiger partial charge < -0.3 is 16.0 Å². The second-order valence-corrected chi connectivity index (χ2v) is 5.50. The standard InChI is InChI=1S/C15H19N3O3/c1-9(2)15(21)17-11-3-5-12(6-4-11)18-8-10(14(16)20)7-13(18)19/h3-6,9-10H,7-8H2,1-2H3,(H2,16,20)(H,17,21)/t10-/m1/s1. The molecule has 0 aliphatic carbocycles. The van der Waals surface area contributed by atoms with Crippen LogP contribution in [0.25, 0.3) is 0 Å². The molecule has 0 bridgehead atoms. The molecule has 1 atom stereocenters. The van der Waals surface area contributed by atoms with Crippen LogP contribution in [0.4, 0.5) is 11.4 Å². The zero-order valence-corrected chi connectivity index (χ0v) is 12.1. The number of carbonyl (C=O) groups is 3. The molecule has 1 aliphatic rings. The van der Waals surface area contributed by atoms with E-state index >= 15 is 0 Å². The predicted octanol–water partition coefficient (Wildman–Crippen LogP) is 1.12. The van der Waals surface area contributed by atoms with Crippen molar-refractivity contribution in [1.29, 1.82) is 0 Å². The lowest BCUT2D eigenvalue weighted by Gasteiger charge is -2.17. The van der Waals surface area contributed by atoms with Crippen molar-refractivity contribution in [2.45, 2.75) is 20.3 Å². The Morgan fingerprint density at radius 2 is 1.90 bits per heavy atom. The number of hydrogen-bond donors (Lipinski definition) is 2. The highest BCUT2D eigenvalue weighted by atomic mass is 16.2. The number of hydrogen-bond acceptors (Lipinski definition) is 3. The summed E-state index contributed by atoms with van der Waals surface area (Å²) in [6.07, 6.45) is 0.154. The second-order valence-electron chi connectivity index (χ2n) is 5.50. The lowest BCUT2D eigenvalue weighted by Crippen LogP contribution is -2.28. The van der Waals surface area contributed by atoms with E-state index in [4.69, 9.17) is 5.73 Å². The van der Waals surface area contributed by atoms with Gasteiger partial charge in [-0.1, -0.05) is 13.8 Å². The fraction of sp³-hybridized carbons (Fsp3) is 0.400. The van der Waals surface area contributed by atoms with Crippen LogP contribution in [0.5, 0.6) is 0 Å². The summed E-state index contributed by atoms with van der Waals surface area (Å²) in [5.41, 5.74) is 6.62. The van der Waals surface area contributed by atoms with Gasteiger partial charge in [0.15, 0.2) is 0 Å². The van der Waals surface area contributed by atoms with Gasteiger partial charge in [-0.15, -0.1) is 0 Å². The SMILES string of the molecule is CC(C)C(=O)Nc1ccc(N2C[C@H](C(N)=O)CC2=O)cc1. The lowest BCUT2D eigenvalue weighted by atomic mass is 10.1. The fourth-order valence-corrected chi connectivity index (χ4v) is 2.16. The summed E-state index contributed by atoms with van der Waals surface area (Å²) in [5, 5.41) is 2.78. The zero-order chi connectivity index (χ0) is 15.6. The van der Waals surface area contributed by atoms with Gasteiger partial charge in [0.2, 0.25) is 17.7 Å². The summed E-state index contributed by atoms with van der Waals surface area (Å²) >= 11 is 0. The Morgan fingerprint density at radius 3 is 2.38 bits per heavy atom. The number of benzene rings is 1.